The highest BCUT2D eigenvalue weighted by Gasteiger charge is 2.12. The van der Waals surface area contributed by atoms with E-state index in [1.165, 1.54) is 0 Å². The van der Waals surface area contributed by atoms with Gasteiger partial charge in [-0.1, -0.05) is 0 Å². The monoisotopic (exact) mass is 204 g/mol. The summed E-state index contributed by atoms with van der Waals surface area (Å²) < 4.78 is 10.5. The number of hydrogen-bond donors (Lipinski definition) is 0. The number of carbonyl (C=O) groups excluding carboxylic acids is 1. The average molecular weight is 204 g/mol. The summed E-state index contributed by atoms with van der Waals surface area (Å²) >= 11 is 0. The van der Waals surface area contributed by atoms with Gasteiger partial charge in [-0.05, 0) is 24.3 Å². The van der Waals surface area contributed by atoms with Gasteiger partial charge >= 0.3 is 0 Å². The van der Waals surface area contributed by atoms with E-state index in [0.29, 0.717) is 18.8 Å². The van der Waals surface area contributed by atoms with Crippen molar-refractivity contribution in [2.24, 2.45) is 0 Å². The predicted octanol–water partition coefficient (Wildman–Crippen LogP) is 2.03. The lowest BCUT2D eigenvalue weighted by Crippen LogP contribution is -2.08. The molecule has 0 spiro atoms. The molecule has 1 aromatic carbocycles. The van der Waals surface area contributed by atoms with E-state index in [4.69, 9.17) is 9.47 Å². The molecule has 0 unspecified atom stereocenters. The van der Waals surface area contributed by atoms with Crippen molar-refractivity contribution in [3.63, 3.8) is 0 Å². The maximum atomic E-state index is 11.2. The molecule has 0 bridgehead atoms. The van der Waals surface area contributed by atoms with Crippen LogP contribution in [-0.2, 0) is 9.53 Å². The van der Waals surface area contributed by atoms with Crippen LogP contribution in [0.1, 0.15) is 12.0 Å². The van der Waals surface area contributed by atoms with Crippen LogP contribution in [0.2, 0.25) is 0 Å². The summed E-state index contributed by atoms with van der Waals surface area (Å²) in [7, 11) is 1.62. The van der Waals surface area contributed by atoms with Crippen molar-refractivity contribution in [3.8, 4) is 5.75 Å². The van der Waals surface area contributed by atoms with Gasteiger partial charge < -0.3 is 9.47 Å². The first kappa shape index (κ1) is 9.77. The molecule has 15 heavy (non-hydrogen) atoms. The minimum atomic E-state index is 0.118. The molecule has 0 fully saturated rings. The molecule has 1 aliphatic heterocycles. The lowest BCUT2D eigenvalue weighted by molar-refractivity contribution is -0.115. The molecule has 1 aliphatic rings. The van der Waals surface area contributed by atoms with E-state index in [1.54, 1.807) is 13.2 Å². The fourth-order valence-electron chi connectivity index (χ4n) is 1.44. The van der Waals surface area contributed by atoms with Crippen LogP contribution in [0.15, 0.2) is 30.3 Å². The Morgan fingerprint density at radius 1 is 1.27 bits per heavy atom. The SMILES string of the molecule is COc1ccc(C2=CC(=O)CCO2)cc1. The molecule has 0 saturated carbocycles. The molecule has 0 saturated heterocycles. The third-order valence-electron chi connectivity index (χ3n) is 2.27. The summed E-state index contributed by atoms with van der Waals surface area (Å²) in [5, 5.41) is 0. The van der Waals surface area contributed by atoms with Crippen LogP contribution in [0.3, 0.4) is 0 Å². The van der Waals surface area contributed by atoms with Crippen LogP contribution in [0, 0.1) is 0 Å². The van der Waals surface area contributed by atoms with Crippen molar-refractivity contribution in [3.05, 3.63) is 35.9 Å². The first-order chi connectivity index (χ1) is 7.29. The van der Waals surface area contributed by atoms with Crippen LogP contribution in [0.4, 0.5) is 0 Å². The highest BCUT2D eigenvalue weighted by atomic mass is 16.5. The Labute approximate surface area is 88.3 Å². The molecule has 78 valence electrons. The highest BCUT2D eigenvalue weighted by Crippen LogP contribution is 2.22. The quantitative estimate of drug-likeness (QED) is 0.739. The average Bonchev–Trinajstić information content (AvgIpc) is 2.29. The van der Waals surface area contributed by atoms with Crippen molar-refractivity contribution < 1.29 is 14.3 Å². The minimum Gasteiger partial charge on any atom is -0.497 e. The van der Waals surface area contributed by atoms with Crippen LogP contribution in [-0.4, -0.2) is 19.5 Å². The van der Waals surface area contributed by atoms with Gasteiger partial charge in [0.2, 0.25) is 0 Å². The highest BCUT2D eigenvalue weighted by molar-refractivity contribution is 5.96. The summed E-state index contributed by atoms with van der Waals surface area (Å²) in [5.41, 5.74) is 0.906. The fraction of sp³-hybridized carbons (Fsp3) is 0.250. The third-order valence-corrected chi connectivity index (χ3v) is 2.27. The number of ether oxygens (including phenoxy) is 2. The molecule has 0 atom stereocenters. The Morgan fingerprint density at radius 2 is 2.00 bits per heavy atom. The van der Waals surface area contributed by atoms with Gasteiger partial charge in [0.1, 0.15) is 11.5 Å². The van der Waals surface area contributed by atoms with Crippen LogP contribution in [0.25, 0.3) is 5.76 Å². The molecule has 2 rings (SSSR count). The molecule has 0 aliphatic carbocycles. The Kier molecular flexibility index (Phi) is 2.72. The zero-order valence-electron chi connectivity index (χ0n) is 8.53. The summed E-state index contributed by atoms with van der Waals surface area (Å²) in [6.45, 7) is 0.469. The van der Waals surface area contributed by atoms with Crippen molar-refractivity contribution in [1.29, 1.82) is 0 Å². The number of rotatable bonds is 2. The van der Waals surface area contributed by atoms with Gasteiger partial charge in [-0.25, -0.2) is 0 Å². The molecule has 3 heteroatoms. The van der Waals surface area contributed by atoms with E-state index >= 15 is 0 Å². The second kappa shape index (κ2) is 4.17. The summed E-state index contributed by atoms with van der Waals surface area (Å²) in [4.78, 5) is 11.2. The van der Waals surface area contributed by atoms with Gasteiger partial charge in [0.05, 0.1) is 13.7 Å². The lowest BCUT2D eigenvalue weighted by Gasteiger charge is -2.14. The summed E-state index contributed by atoms with van der Waals surface area (Å²) in [6.07, 6.45) is 2.02. The van der Waals surface area contributed by atoms with Gasteiger partial charge in [0.15, 0.2) is 5.78 Å². The molecule has 1 aromatic rings. The number of carbonyl (C=O) groups is 1. The molecule has 0 aromatic heterocycles. The van der Waals surface area contributed by atoms with E-state index in [0.717, 1.165) is 11.3 Å². The predicted molar refractivity (Wildman–Crippen MR) is 56.5 cm³/mol. The van der Waals surface area contributed by atoms with Crippen LogP contribution < -0.4 is 4.74 Å². The van der Waals surface area contributed by atoms with Crippen molar-refractivity contribution in [1.82, 2.24) is 0 Å². The number of hydrogen-bond acceptors (Lipinski definition) is 3. The van der Waals surface area contributed by atoms with E-state index in [9.17, 15) is 4.79 Å². The number of allylic oxidation sites excluding steroid dienone is 1. The Balaban J connectivity index is 2.25. The van der Waals surface area contributed by atoms with Crippen molar-refractivity contribution in [2.45, 2.75) is 6.42 Å². The normalized spacial score (nSPS) is 15.5. The second-order valence-corrected chi connectivity index (χ2v) is 3.30. The molecule has 0 N–H and O–H groups in total. The molecule has 1 heterocycles. The lowest BCUT2D eigenvalue weighted by atomic mass is 10.1. The molecular weight excluding hydrogens is 192 g/mol. The van der Waals surface area contributed by atoms with E-state index in [2.05, 4.69) is 0 Å². The largest absolute Gasteiger partial charge is 0.497 e. The Bertz CT molecular complexity index is 390. The number of ketones is 1. The summed E-state index contributed by atoms with van der Waals surface area (Å²) in [6, 6.07) is 7.45. The van der Waals surface area contributed by atoms with Crippen molar-refractivity contribution in [2.75, 3.05) is 13.7 Å². The zero-order chi connectivity index (χ0) is 10.7. The topological polar surface area (TPSA) is 35.5 Å². The van der Waals surface area contributed by atoms with Crippen LogP contribution >= 0.6 is 0 Å². The van der Waals surface area contributed by atoms with E-state index < -0.39 is 0 Å². The molecule has 3 nitrogen and oxygen atoms in total. The second-order valence-electron chi connectivity index (χ2n) is 3.30. The maximum Gasteiger partial charge on any atom is 0.162 e. The van der Waals surface area contributed by atoms with E-state index in [-0.39, 0.29) is 5.78 Å². The van der Waals surface area contributed by atoms with Gasteiger partial charge in [0, 0.05) is 18.1 Å². The smallest absolute Gasteiger partial charge is 0.162 e. The zero-order valence-corrected chi connectivity index (χ0v) is 8.53. The van der Waals surface area contributed by atoms with Crippen molar-refractivity contribution >= 4 is 11.5 Å². The first-order valence-electron chi connectivity index (χ1n) is 4.81. The van der Waals surface area contributed by atoms with Gasteiger partial charge in [0.25, 0.3) is 0 Å². The van der Waals surface area contributed by atoms with Gasteiger partial charge in [-0.15, -0.1) is 0 Å². The molecule has 0 amide bonds. The molecule has 0 radical (unpaired) electrons. The fourth-order valence-corrected chi connectivity index (χ4v) is 1.44. The Morgan fingerprint density at radius 3 is 2.60 bits per heavy atom. The molecular formula is C12H12O3. The Hall–Kier alpha value is -1.77. The van der Waals surface area contributed by atoms with Gasteiger partial charge in [-0.3, -0.25) is 4.79 Å². The summed E-state index contributed by atoms with van der Waals surface area (Å²) in [5.74, 6) is 1.56. The number of benzene rings is 1. The van der Waals surface area contributed by atoms with E-state index in [1.807, 2.05) is 24.3 Å². The maximum absolute atomic E-state index is 11.2. The van der Waals surface area contributed by atoms with Gasteiger partial charge in [-0.2, -0.15) is 0 Å². The first-order valence-corrected chi connectivity index (χ1v) is 4.81. The van der Waals surface area contributed by atoms with Crippen LogP contribution in [0.5, 0.6) is 5.75 Å². The third kappa shape index (κ3) is 2.18. The standard InChI is InChI=1S/C12H12O3/c1-14-11-4-2-9(3-5-11)12-8-10(13)6-7-15-12/h2-5,8H,6-7H2,1H3. The number of methoxy groups -OCH3 is 1. The minimum absolute atomic E-state index is 0.118.